The standard InChI is InChI=1S/C14H14N2O2/c15-8-7-10-1-3-11(4-2-10)13-6-5-12(9-16-13)14(17)18/h1-6,9H,7-8,15H2,(H,17,18). The molecule has 0 saturated carbocycles. The average Bonchev–Trinajstić information content (AvgIpc) is 2.40. The normalized spacial score (nSPS) is 10.3. The lowest BCUT2D eigenvalue weighted by Crippen LogP contribution is -2.02. The van der Waals surface area contributed by atoms with Crippen molar-refractivity contribution >= 4 is 5.97 Å². The summed E-state index contributed by atoms with van der Waals surface area (Å²) in [7, 11) is 0. The average molecular weight is 242 g/mol. The molecule has 4 heteroatoms. The first kappa shape index (κ1) is 12.3. The quantitative estimate of drug-likeness (QED) is 0.859. The molecule has 1 aromatic carbocycles. The van der Waals surface area contributed by atoms with Crippen molar-refractivity contribution < 1.29 is 9.90 Å². The molecule has 0 amide bonds. The number of rotatable bonds is 4. The number of aromatic nitrogens is 1. The van der Waals surface area contributed by atoms with Crippen LogP contribution in [0.3, 0.4) is 0 Å². The number of hydrogen-bond donors (Lipinski definition) is 2. The first-order valence-corrected chi connectivity index (χ1v) is 5.69. The molecule has 2 aromatic rings. The SMILES string of the molecule is NCCc1ccc(-c2ccc(C(=O)O)cn2)cc1. The summed E-state index contributed by atoms with van der Waals surface area (Å²) < 4.78 is 0. The number of benzene rings is 1. The third-order valence-corrected chi connectivity index (χ3v) is 2.69. The third-order valence-electron chi connectivity index (χ3n) is 2.69. The van der Waals surface area contributed by atoms with Crippen LogP contribution in [0.1, 0.15) is 15.9 Å². The first-order valence-electron chi connectivity index (χ1n) is 5.69. The monoisotopic (exact) mass is 242 g/mol. The van der Waals surface area contributed by atoms with Gasteiger partial charge >= 0.3 is 5.97 Å². The van der Waals surface area contributed by atoms with Crippen LogP contribution in [0.4, 0.5) is 0 Å². The van der Waals surface area contributed by atoms with E-state index in [4.69, 9.17) is 10.8 Å². The summed E-state index contributed by atoms with van der Waals surface area (Å²) in [6.07, 6.45) is 2.22. The maximum Gasteiger partial charge on any atom is 0.337 e. The van der Waals surface area contributed by atoms with Gasteiger partial charge in [0.1, 0.15) is 0 Å². The summed E-state index contributed by atoms with van der Waals surface area (Å²) in [6.45, 7) is 0.630. The molecule has 2 rings (SSSR count). The van der Waals surface area contributed by atoms with Crippen molar-refractivity contribution in [3.05, 3.63) is 53.7 Å². The zero-order valence-electron chi connectivity index (χ0n) is 9.84. The van der Waals surface area contributed by atoms with Gasteiger partial charge in [-0.05, 0) is 30.7 Å². The summed E-state index contributed by atoms with van der Waals surface area (Å²) in [5, 5.41) is 8.79. The molecule has 0 bridgehead atoms. The molecule has 0 spiro atoms. The summed E-state index contributed by atoms with van der Waals surface area (Å²) in [5.41, 5.74) is 8.59. The van der Waals surface area contributed by atoms with Gasteiger partial charge < -0.3 is 10.8 Å². The predicted molar refractivity (Wildman–Crippen MR) is 69.4 cm³/mol. The Bertz CT molecular complexity index is 533. The number of hydrogen-bond acceptors (Lipinski definition) is 3. The number of aromatic carboxylic acids is 1. The molecule has 0 aliphatic carbocycles. The van der Waals surface area contributed by atoms with Gasteiger partial charge in [0.05, 0.1) is 11.3 Å². The minimum Gasteiger partial charge on any atom is -0.478 e. The lowest BCUT2D eigenvalue weighted by atomic mass is 10.1. The fourth-order valence-corrected chi connectivity index (χ4v) is 1.70. The molecule has 1 aromatic heterocycles. The van der Waals surface area contributed by atoms with Crippen molar-refractivity contribution in [2.45, 2.75) is 6.42 Å². The fraction of sp³-hybridized carbons (Fsp3) is 0.143. The van der Waals surface area contributed by atoms with Gasteiger partial charge in [0.2, 0.25) is 0 Å². The summed E-state index contributed by atoms with van der Waals surface area (Å²) in [5.74, 6) is -0.965. The van der Waals surface area contributed by atoms with E-state index in [1.807, 2.05) is 24.3 Å². The summed E-state index contributed by atoms with van der Waals surface area (Å²) in [6, 6.07) is 11.2. The maximum atomic E-state index is 10.7. The van der Waals surface area contributed by atoms with Gasteiger partial charge in [0.25, 0.3) is 0 Å². The molecule has 0 aliphatic heterocycles. The van der Waals surface area contributed by atoms with Crippen LogP contribution in [0.25, 0.3) is 11.3 Å². The van der Waals surface area contributed by atoms with Crippen LogP contribution in [0.5, 0.6) is 0 Å². The van der Waals surface area contributed by atoms with Crippen LogP contribution in [0.15, 0.2) is 42.6 Å². The second-order valence-corrected chi connectivity index (χ2v) is 3.97. The van der Waals surface area contributed by atoms with Crippen molar-refractivity contribution in [2.75, 3.05) is 6.54 Å². The zero-order chi connectivity index (χ0) is 13.0. The topological polar surface area (TPSA) is 76.2 Å². The largest absolute Gasteiger partial charge is 0.478 e. The zero-order valence-corrected chi connectivity index (χ0v) is 9.84. The van der Waals surface area contributed by atoms with Gasteiger partial charge in [-0.25, -0.2) is 4.79 Å². The number of nitrogens with two attached hydrogens (primary N) is 1. The highest BCUT2D eigenvalue weighted by Crippen LogP contribution is 2.17. The number of carboxylic acids is 1. The second-order valence-electron chi connectivity index (χ2n) is 3.97. The lowest BCUT2D eigenvalue weighted by Gasteiger charge is -2.03. The van der Waals surface area contributed by atoms with E-state index < -0.39 is 5.97 Å². The number of carboxylic acid groups (broad SMARTS) is 1. The van der Waals surface area contributed by atoms with Crippen LogP contribution in [-0.2, 0) is 6.42 Å². The van der Waals surface area contributed by atoms with Crippen LogP contribution < -0.4 is 5.73 Å². The molecule has 92 valence electrons. The lowest BCUT2D eigenvalue weighted by molar-refractivity contribution is 0.0696. The van der Waals surface area contributed by atoms with Crippen LogP contribution in [0.2, 0.25) is 0 Å². The highest BCUT2D eigenvalue weighted by molar-refractivity contribution is 5.87. The Morgan fingerprint density at radius 3 is 2.39 bits per heavy atom. The van der Waals surface area contributed by atoms with E-state index >= 15 is 0 Å². The third kappa shape index (κ3) is 2.73. The van der Waals surface area contributed by atoms with Gasteiger partial charge in [-0.3, -0.25) is 4.98 Å². The van der Waals surface area contributed by atoms with Gasteiger partial charge in [-0.1, -0.05) is 24.3 Å². The molecule has 0 aliphatic rings. The predicted octanol–water partition coefficient (Wildman–Crippen LogP) is 1.95. The van der Waals surface area contributed by atoms with Gasteiger partial charge in [0.15, 0.2) is 0 Å². The van der Waals surface area contributed by atoms with Crippen molar-refractivity contribution in [1.29, 1.82) is 0 Å². The molecule has 0 radical (unpaired) electrons. The smallest absolute Gasteiger partial charge is 0.337 e. The summed E-state index contributed by atoms with van der Waals surface area (Å²) >= 11 is 0. The molecule has 4 nitrogen and oxygen atoms in total. The minimum atomic E-state index is -0.965. The Hall–Kier alpha value is -2.20. The number of carbonyl (C=O) groups is 1. The first-order chi connectivity index (χ1) is 8.70. The van der Waals surface area contributed by atoms with Crippen LogP contribution in [-0.4, -0.2) is 22.6 Å². The van der Waals surface area contributed by atoms with E-state index in [1.54, 1.807) is 12.1 Å². The maximum absolute atomic E-state index is 10.7. The van der Waals surface area contributed by atoms with Gasteiger partial charge in [-0.15, -0.1) is 0 Å². The number of pyridine rings is 1. The Kier molecular flexibility index (Phi) is 3.69. The molecule has 3 N–H and O–H groups in total. The van der Waals surface area contributed by atoms with Crippen LogP contribution >= 0.6 is 0 Å². The second kappa shape index (κ2) is 5.42. The molecule has 1 heterocycles. The molecular formula is C14H14N2O2. The Morgan fingerprint density at radius 1 is 1.17 bits per heavy atom. The van der Waals surface area contributed by atoms with Gasteiger partial charge in [0, 0.05) is 11.8 Å². The fourth-order valence-electron chi connectivity index (χ4n) is 1.70. The van der Waals surface area contributed by atoms with Crippen molar-refractivity contribution in [3.63, 3.8) is 0 Å². The molecule has 18 heavy (non-hydrogen) atoms. The van der Waals surface area contributed by atoms with Crippen molar-refractivity contribution in [2.24, 2.45) is 5.73 Å². The summed E-state index contributed by atoms with van der Waals surface area (Å²) in [4.78, 5) is 14.9. The Labute approximate surface area is 105 Å². The minimum absolute atomic E-state index is 0.193. The van der Waals surface area contributed by atoms with E-state index in [9.17, 15) is 4.79 Å². The van der Waals surface area contributed by atoms with E-state index in [2.05, 4.69) is 4.98 Å². The molecule has 0 saturated heterocycles. The Morgan fingerprint density at radius 2 is 1.89 bits per heavy atom. The molecule has 0 atom stereocenters. The highest BCUT2D eigenvalue weighted by Gasteiger charge is 2.04. The molecule has 0 fully saturated rings. The van der Waals surface area contributed by atoms with E-state index in [0.29, 0.717) is 6.54 Å². The van der Waals surface area contributed by atoms with Crippen molar-refractivity contribution in [1.82, 2.24) is 4.98 Å². The van der Waals surface area contributed by atoms with Crippen molar-refractivity contribution in [3.8, 4) is 11.3 Å². The van der Waals surface area contributed by atoms with E-state index in [1.165, 1.54) is 11.8 Å². The molecule has 0 unspecified atom stereocenters. The van der Waals surface area contributed by atoms with Gasteiger partial charge in [-0.2, -0.15) is 0 Å². The van der Waals surface area contributed by atoms with Crippen LogP contribution in [0, 0.1) is 0 Å². The van der Waals surface area contributed by atoms with E-state index in [-0.39, 0.29) is 5.56 Å². The Balaban J connectivity index is 2.23. The highest BCUT2D eigenvalue weighted by atomic mass is 16.4. The number of nitrogens with zero attached hydrogens (tertiary/aromatic N) is 1. The molecular weight excluding hydrogens is 228 g/mol. The van der Waals surface area contributed by atoms with E-state index in [0.717, 1.165) is 17.7 Å².